The number of nitrogens with one attached hydrogen (secondary N) is 2. The zero-order valence-electron chi connectivity index (χ0n) is 19.5. The summed E-state index contributed by atoms with van der Waals surface area (Å²) in [5.41, 5.74) is 4.50. The first-order valence-corrected chi connectivity index (χ1v) is 11.3. The van der Waals surface area contributed by atoms with Gasteiger partial charge in [0.05, 0.1) is 6.42 Å². The molecule has 0 spiro atoms. The molecule has 176 valence electrons. The van der Waals surface area contributed by atoms with Gasteiger partial charge in [-0.25, -0.2) is 4.79 Å². The average Bonchev–Trinajstić information content (AvgIpc) is 3.08. The molecule has 7 nitrogen and oxygen atoms in total. The van der Waals surface area contributed by atoms with Crippen LogP contribution in [-0.2, 0) is 14.3 Å². The number of benzene rings is 2. The average molecular weight is 453 g/mol. The molecule has 0 fully saturated rings. The quantitative estimate of drug-likeness (QED) is 0.530. The fourth-order valence-electron chi connectivity index (χ4n) is 4.22. The highest BCUT2D eigenvalue weighted by atomic mass is 16.5. The fraction of sp³-hybridized carbons (Fsp3) is 0.423. The van der Waals surface area contributed by atoms with Crippen LogP contribution in [0.3, 0.4) is 0 Å². The highest BCUT2D eigenvalue weighted by Crippen LogP contribution is 2.44. The molecular weight excluding hydrogens is 420 g/mol. The first kappa shape index (κ1) is 24.3. The molecule has 0 aliphatic heterocycles. The molecule has 0 radical (unpaired) electrons. The van der Waals surface area contributed by atoms with E-state index in [1.54, 1.807) is 0 Å². The predicted molar refractivity (Wildman–Crippen MR) is 126 cm³/mol. The van der Waals surface area contributed by atoms with E-state index in [0.29, 0.717) is 0 Å². The molecule has 0 saturated heterocycles. The van der Waals surface area contributed by atoms with Crippen molar-refractivity contribution >= 4 is 18.0 Å². The minimum absolute atomic E-state index is 0.0627. The molecule has 2 atom stereocenters. The third-order valence-electron chi connectivity index (χ3n) is 6.09. The number of hydrogen-bond acceptors (Lipinski definition) is 4. The highest BCUT2D eigenvalue weighted by molar-refractivity contribution is 5.86. The van der Waals surface area contributed by atoms with Gasteiger partial charge in [0.25, 0.3) is 0 Å². The van der Waals surface area contributed by atoms with Gasteiger partial charge in [-0.1, -0.05) is 76.2 Å². The second-order valence-corrected chi connectivity index (χ2v) is 9.15. The summed E-state index contributed by atoms with van der Waals surface area (Å²) in [6, 6.07) is 14.8. The molecule has 33 heavy (non-hydrogen) atoms. The Morgan fingerprint density at radius 2 is 1.42 bits per heavy atom. The fourth-order valence-corrected chi connectivity index (χ4v) is 4.22. The lowest BCUT2D eigenvalue weighted by Crippen LogP contribution is -2.53. The van der Waals surface area contributed by atoms with Gasteiger partial charge in [0.15, 0.2) is 0 Å². The van der Waals surface area contributed by atoms with E-state index in [0.717, 1.165) is 22.3 Å². The zero-order chi connectivity index (χ0) is 24.1. The topological polar surface area (TPSA) is 105 Å². The van der Waals surface area contributed by atoms with Gasteiger partial charge in [0.1, 0.15) is 12.6 Å². The number of carboxylic acids is 1. The summed E-state index contributed by atoms with van der Waals surface area (Å²) in [6.45, 7) is 7.47. The van der Waals surface area contributed by atoms with E-state index >= 15 is 0 Å². The van der Waals surface area contributed by atoms with Gasteiger partial charge >= 0.3 is 12.1 Å². The Balaban J connectivity index is 1.65. The Hall–Kier alpha value is -3.35. The Morgan fingerprint density at radius 1 is 0.879 bits per heavy atom. The number of fused-ring (bicyclic) bond motifs is 3. The molecule has 0 unspecified atom stereocenters. The van der Waals surface area contributed by atoms with Gasteiger partial charge in [0, 0.05) is 12.0 Å². The molecule has 0 bridgehead atoms. The summed E-state index contributed by atoms with van der Waals surface area (Å²) in [7, 11) is 0. The number of aliphatic carboxylic acids is 1. The van der Waals surface area contributed by atoms with Crippen molar-refractivity contribution in [3.05, 3.63) is 59.7 Å². The lowest BCUT2D eigenvalue weighted by Gasteiger charge is -2.26. The summed E-state index contributed by atoms with van der Waals surface area (Å²) in [4.78, 5) is 36.6. The number of carbonyl (C=O) groups is 3. The Kier molecular flexibility index (Phi) is 7.74. The maximum atomic E-state index is 12.8. The van der Waals surface area contributed by atoms with Crippen molar-refractivity contribution in [3.8, 4) is 11.1 Å². The van der Waals surface area contributed by atoms with Crippen LogP contribution in [0.4, 0.5) is 4.79 Å². The van der Waals surface area contributed by atoms with Crippen molar-refractivity contribution in [1.29, 1.82) is 0 Å². The van der Waals surface area contributed by atoms with E-state index < -0.39 is 30.1 Å². The smallest absolute Gasteiger partial charge is 0.407 e. The second kappa shape index (κ2) is 10.5. The standard InChI is InChI=1S/C26H32N2O5/c1-15(2)22(13-23(29)30)27-25(31)24(16(3)4)28-26(32)33-14-21-19-11-7-5-9-17(19)18-10-6-8-12-20(18)21/h5-12,15-16,21-22,24H,13-14H2,1-4H3,(H,27,31)(H,28,32)(H,29,30)/t22-,24+/m1/s1. The van der Waals surface area contributed by atoms with Crippen molar-refractivity contribution in [2.75, 3.05) is 6.61 Å². The van der Waals surface area contributed by atoms with E-state index in [9.17, 15) is 14.4 Å². The van der Waals surface area contributed by atoms with Crippen LogP contribution in [0.5, 0.6) is 0 Å². The third kappa shape index (κ3) is 5.72. The van der Waals surface area contributed by atoms with Crippen LogP contribution in [-0.4, -0.2) is 41.8 Å². The Bertz CT molecular complexity index is 972. The van der Waals surface area contributed by atoms with Crippen molar-refractivity contribution in [3.63, 3.8) is 0 Å². The normalized spacial score (nSPS) is 14.4. The van der Waals surface area contributed by atoms with Crippen molar-refractivity contribution in [2.24, 2.45) is 11.8 Å². The molecule has 1 aliphatic rings. The van der Waals surface area contributed by atoms with Crippen LogP contribution in [0.15, 0.2) is 48.5 Å². The summed E-state index contributed by atoms with van der Waals surface area (Å²) < 4.78 is 5.56. The molecule has 3 rings (SSSR count). The lowest BCUT2D eigenvalue weighted by molar-refractivity contribution is -0.138. The van der Waals surface area contributed by atoms with Crippen LogP contribution < -0.4 is 10.6 Å². The molecule has 2 aromatic carbocycles. The van der Waals surface area contributed by atoms with Crippen molar-refractivity contribution in [1.82, 2.24) is 10.6 Å². The number of hydrogen-bond donors (Lipinski definition) is 3. The number of alkyl carbamates (subject to hydrolysis) is 1. The minimum atomic E-state index is -0.986. The van der Waals surface area contributed by atoms with Crippen molar-refractivity contribution < 1.29 is 24.2 Å². The largest absolute Gasteiger partial charge is 0.481 e. The SMILES string of the molecule is CC(C)[C@H](NC(=O)OCC1c2ccccc2-c2ccccc21)C(=O)N[C@H](CC(=O)O)C(C)C. The Labute approximate surface area is 194 Å². The maximum Gasteiger partial charge on any atom is 0.407 e. The van der Waals surface area contributed by atoms with Crippen molar-refractivity contribution in [2.45, 2.75) is 52.1 Å². The van der Waals surface area contributed by atoms with Crippen LogP contribution in [0.25, 0.3) is 11.1 Å². The number of rotatable bonds is 9. The van der Waals surface area contributed by atoms with Crippen LogP contribution in [0, 0.1) is 11.8 Å². The monoisotopic (exact) mass is 452 g/mol. The number of carbonyl (C=O) groups excluding carboxylic acids is 2. The van der Waals surface area contributed by atoms with Gasteiger partial charge in [-0.05, 0) is 34.1 Å². The molecule has 7 heteroatoms. The van der Waals surface area contributed by atoms with Gasteiger partial charge < -0.3 is 20.5 Å². The molecule has 2 amide bonds. The van der Waals surface area contributed by atoms with Crippen LogP contribution in [0.2, 0.25) is 0 Å². The molecule has 1 aliphatic carbocycles. The molecule has 2 aromatic rings. The summed E-state index contributed by atoms with van der Waals surface area (Å²) >= 11 is 0. The summed E-state index contributed by atoms with van der Waals surface area (Å²) in [5.74, 6) is -1.75. The van der Waals surface area contributed by atoms with E-state index in [-0.39, 0.29) is 30.8 Å². The first-order chi connectivity index (χ1) is 15.7. The zero-order valence-corrected chi connectivity index (χ0v) is 19.5. The third-order valence-corrected chi connectivity index (χ3v) is 6.09. The summed E-state index contributed by atoms with van der Waals surface area (Å²) in [6.07, 6.45) is -0.857. The molecular formula is C26H32N2O5. The molecule has 0 heterocycles. The molecule has 3 N–H and O–H groups in total. The van der Waals surface area contributed by atoms with E-state index in [2.05, 4.69) is 22.8 Å². The van der Waals surface area contributed by atoms with Gasteiger partial charge in [-0.15, -0.1) is 0 Å². The maximum absolute atomic E-state index is 12.8. The first-order valence-electron chi connectivity index (χ1n) is 11.3. The lowest BCUT2D eigenvalue weighted by atomic mass is 9.98. The predicted octanol–water partition coefficient (Wildman–Crippen LogP) is 4.17. The Morgan fingerprint density at radius 3 is 1.91 bits per heavy atom. The van der Waals surface area contributed by atoms with Crippen LogP contribution in [0.1, 0.15) is 51.2 Å². The van der Waals surface area contributed by atoms with E-state index in [4.69, 9.17) is 9.84 Å². The second-order valence-electron chi connectivity index (χ2n) is 9.15. The van der Waals surface area contributed by atoms with Gasteiger partial charge in [0.2, 0.25) is 5.91 Å². The molecule has 0 aromatic heterocycles. The summed E-state index contributed by atoms with van der Waals surface area (Å²) in [5, 5.41) is 14.5. The number of ether oxygens (including phenoxy) is 1. The van der Waals surface area contributed by atoms with E-state index in [1.165, 1.54) is 0 Å². The molecule has 0 saturated carbocycles. The van der Waals surface area contributed by atoms with Crippen LogP contribution >= 0.6 is 0 Å². The number of carboxylic acid groups (broad SMARTS) is 1. The highest BCUT2D eigenvalue weighted by Gasteiger charge is 2.31. The minimum Gasteiger partial charge on any atom is -0.481 e. The number of amides is 2. The van der Waals surface area contributed by atoms with Gasteiger partial charge in [-0.2, -0.15) is 0 Å². The van der Waals surface area contributed by atoms with E-state index in [1.807, 2.05) is 64.1 Å². The van der Waals surface area contributed by atoms with Gasteiger partial charge in [-0.3, -0.25) is 9.59 Å².